The van der Waals surface area contributed by atoms with Gasteiger partial charge in [0, 0.05) is 16.8 Å². The molecule has 8 rings (SSSR count). The monoisotopic (exact) mass is 648 g/mol. The Labute approximate surface area is 312 Å². The molecule has 7 aromatic carbocycles. The zero-order valence-corrected chi connectivity index (χ0v) is 28.1. The van der Waals surface area contributed by atoms with Gasteiger partial charge in [0.25, 0.3) is 0 Å². The highest BCUT2D eigenvalue weighted by molar-refractivity contribution is 6.68. The van der Waals surface area contributed by atoms with Gasteiger partial charge in [0.1, 0.15) is 74.3 Å². The van der Waals surface area contributed by atoms with Crippen LogP contribution in [0, 0.1) is 6.92 Å². The van der Waals surface area contributed by atoms with E-state index in [1.807, 2.05) is 91.9 Å². The van der Waals surface area contributed by atoms with Gasteiger partial charge in [-0.15, -0.1) is 21.9 Å². The van der Waals surface area contributed by atoms with Gasteiger partial charge in [0.05, 0.1) is 11.0 Å². The van der Waals surface area contributed by atoms with Crippen molar-refractivity contribution in [1.82, 2.24) is 9.55 Å². The third kappa shape index (κ3) is 4.91. The summed E-state index contributed by atoms with van der Waals surface area (Å²) in [7, 11) is 50.8. The number of nitrogens with zero attached hydrogens (tertiary/aromatic N) is 2. The molecule has 52 heavy (non-hydrogen) atoms. The lowest BCUT2D eigenvalue weighted by atomic mass is 9.59. The molecular formula is C40H20B8N2O2. The molecule has 226 valence electrons. The van der Waals surface area contributed by atoms with Gasteiger partial charge in [-0.3, -0.25) is 4.57 Å². The molecule has 1 aromatic heterocycles. The highest BCUT2D eigenvalue weighted by Crippen LogP contribution is 2.47. The summed E-state index contributed by atoms with van der Waals surface area (Å²) in [6.07, 6.45) is 0. The van der Waals surface area contributed by atoms with Crippen molar-refractivity contribution in [3.63, 3.8) is 0 Å². The Morgan fingerprint density at radius 2 is 1.02 bits per heavy atom. The quantitative estimate of drug-likeness (QED) is 0.166. The van der Waals surface area contributed by atoms with Gasteiger partial charge >= 0.3 is 0 Å². The maximum Gasteiger partial charge on any atom is 0.164 e. The predicted octanol–water partition coefficient (Wildman–Crippen LogP) is 0.403. The maximum atomic E-state index is 11.5. The Kier molecular flexibility index (Phi) is 8.06. The van der Waals surface area contributed by atoms with Gasteiger partial charge in [0.15, 0.2) is 5.75 Å². The van der Waals surface area contributed by atoms with E-state index < -0.39 is 11.5 Å². The van der Waals surface area contributed by atoms with Crippen molar-refractivity contribution in [3.05, 3.63) is 96.8 Å². The van der Waals surface area contributed by atoms with Crippen molar-refractivity contribution in [2.45, 2.75) is 6.92 Å². The highest BCUT2D eigenvalue weighted by atomic mass is 16.3. The molecule has 0 aliphatic carbocycles. The van der Waals surface area contributed by atoms with Crippen molar-refractivity contribution in [1.29, 1.82) is 0 Å². The second kappa shape index (κ2) is 12.4. The molecular weight excluding hydrogens is 627 g/mol. The second-order valence-electron chi connectivity index (χ2n) is 12.8. The first kappa shape index (κ1) is 33.8. The molecule has 12 heteroatoms. The van der Waals surface area contributed by atoms with Crippen molar-refractivity contribution in [2.24, 2.45) is 0 Å². The highest BCUT2D eigenvalue weighted by Gasteiger charge is 2.24. The smallest absolute Gasteiger partial charge is 0.164 e. The van der Waals surface area contributed by atoms with Gasteiger partial charge in [-0.1, -0.05) is 82.5 Å². The molecule has 0 atom stereocenters. The van der Waals surface area contributed by atoms with E-state index in [1.165, 1.54) is 0 Å². The minimum absolute atomic E-state index is 0.00173. The molecule has 0 amide bonds. The first-order chi connectivity index (χ1) is 24.9. The summed E-state index contributed by atoms with van der Waals surface area (Å²) in [6, 6.07) is 29.6. The lowest BCUT2D eigenvalue weighted by molar-refractivity contribution is 0.409. The van der Waals surface area contributed by atoms with E-state index in [0.29, 0.717) is 27.5 Å². The first-order valence-corrected chi connectivity index (χ1v) is 16.3. The van der Waals surface area contributed by atoms with E-state index in [2.05, 4.69) is 10.6 Å². The van der Waals surface area contributed by atoms with Crippen LogP contribution in [0.25, 0.3) is 71.6 Å². The van der Waals surface area contributed by atoms with Crippen LogP contribution < -0.4 is 43.7 Å². The fourth-order valence-electron chi connectivity index (χ4n) is 7.38. The Balaban J connectivity index is 1.53. The fourth-order valence-corrected chi connectivity index (χ4v) is 7.38. The number of rotatable bonds is 4. The molecule has 2 N–H and O–H groups in total. The van der Waals surface area contributed by atoms with E-state index in [-0.39, 0.29) is 49.3 Å². The number of aromatic nitrogens is 2. The summed E-state index contributed by atoms with van der Waals surface area (Å²) in [4.78, 5) is 4.79. The number of benzene rings is 7. The van der Waals surface area contributed by atoms with Gasteiger partial charge in [-0.05, 0) is 81.1 Å². The number of hydrogen-bond donors (Lipinski definition) is 2. The average Bonchev–Trinajstić information content (AvgIpc) is 3.50. The van der Waals surface area contributed by atoms with E-state index >= 15 is 0 Å². The fraction of sp³-hybridized carbons (Fsp3) is 0.0250. The van der Waals surface area contributed by atoms with Crippen LogP contribution >= 0.6 is 0 Å². The minimum atomic E-state index is -0.581. The first-order valence-electron chi connectivity index (χ1n) is 16.3. The van der Waals surface area contributed by atoms with E-state index in [0.717, 1.165) is 44.4 Å². The second-order valence-corrected chi connectivity index (χ2v) is 12.8. The molecule has 1 heterocycles. The van der Waals surface area contributed by atoms with E-state index in [4.69, 9.17) is 67.8 Å². The van der Waals surface area contributed by atoms with Gasteiger partial charge in [0.2, 0.25) is 0 Å². The summed E-state index contributed by atoms with van der Waals surface area (Å²) in [5.74, 6) is -0.252. The molecule has 0 spiro atoms. The SMILES string of the molecule is [B]c1c([B])c([B])c(-c2ccc3c(-c4cccc(-n5c(C)nc6ccccc65)c4)c4ccccc4c(-c4c([B])c([B])c([B])c(O)c4O)c3c2)c([B])c1[B]. The lowest BCUT2D eigenvalue weighted by Crippen LogP contribution is -2.55. The molecule has 8 aromatic rings. The number of phenols is 2. The number of hydrogen-bond acceptors (Lipinski definition) is 3. The van der Waals surface area contributed by atoms with Gasteiger partial charge < -0.3 is 10.2 Å². The third-order valence-corrected chi connectivity index (χ3v) is 9.95. The van der Waals surface area contributed by atoms with Crippen LogP contribution in [0.4, 0.5) is 0 Å². The van der Waals surface area contributed by atoms with Crippen LogP contribution in [0.3, 0.4) is 0 Å². The molecule has 16 radical (unpaired) electrons. The number of aromatic hydroxyl groups is 2. The Hall–Kier alpha value is -5.35. The summed E-state index contributed by atoms with van der Waals surface area (Å²) in [6.45, 7) is 1.98. The van der Waals surface area contributed by atoms with E-state index in [1.54, 1.807) is 0 Å². The standard InChI is InChI=1S/C40H20B8N2O2/c1-17-49-25-11-4-5-12-26(25)50(17)20-8-6-7-18(15-20)27-21-9-2-3-10-22(21)29(30-33(43)36(46)38(48)40(52)39(30)51)24-16-19(13-14-23(24)27)28-31(41)34(44)37(47)35(45)32(28)42/h2-16,51-52H,1H3. The lowest BCUT2D eigenvalue weighted by Gasteiger charge is -2.24. The molecule has 0 saturated carbocycles. The number of imidazole rings is 1. The van der Waals surface area contributed by atoms with Crippen LogP contribution in [0.15, 0.2) is 91.0 Å². The van der Waals surface area contributed by atoms with Crippen molar-refractivity contribution in [3.8, 4) is 50.6 Å². The number of aryl methyl sites for hydroxylation is 1. The van der Waals surface area contributed by atoms with Crippen LogP contribution in [0.5, 0.6) is 11.5 Å². The number of phenolic OH excluding ortho intramolecular Hbond substituents is 2. The summed E-state index contributed by atoms with van der Waals surface area (Å²) < 4.78 is 2.12. The topological polar surface area (TPSA) is 58.3 Å². The van der Waals surface area contributed by atoms with Crippen LogP contribution in [0.1, 0.15) is 5.82 Å². The maximum absolute atomic E-state index is 11.5. The average molecular weight is 647 g/mol. The van der Waals surface area contributed by atoms with Crippen molar-refractivity contribution >= 4 is 139 Å². The van der Waals surface area contributed by atoms with Crippen LogP contribution in [-0.4, -0.2) is 82.5 Å². The molecule has 0 saturated heterocycles. The molecule has 4 nitrogen and oxygen atoms in total. The summed E-state index contributed by atoms with van der Waals surface area (Å²) in [5, 5.41) is 25.4. The largest absolute Gasteiger partial charge is 0.505 e. The van der Waals surface area contributed by atoms with Gasteiger partial charge in [-0.25, -0.2) is 4.98 Å². The third-order valence-electron chi connectivity index (χ3n) is 9.95. The van der Waals surface area contributed by atoms with Gasteiger partial charge in [-0.2, -0.15) is 0 Å². The number of fused-ring (bicyclic) bond motifs is 3. The Morgan fingerprint density at radius 1 is 0.462 bits per heavy atom. The normalized spacial score (nSPS) is 11.6. The molecule has 0 aliphatic heterocycles. The van der Waals surface area contributed by atoms with Crippen molar-refractivity contribution < 1.29 is 10.2 Å². The zero-order valence-electron chi connectivity index (χ0n) is 28.1. The summed E-state index contributed by atoms with van der Waals surface area (Å²) >= 11 is 0. The van der Waals surface area contributed by atoms with Crippen LogP contribution in [0.2, 0.25) is 0 Å². The molecule has 0 aliphatic rings. The van der Waals surface area contributed by atoms with Crippen LogP contribution in [-0.2, 0) is 0 Å². The number of para-hydroxylation sites is 2. The molecule has 0 unspecified atom stereocenters. The van der Waals surface area contributed by atoms with Crippen molar-refractivity contribution in [2.75, 3.05) is 0 Å². The molecule has 0 bridgehead atoms. The molecule has 0 fully saturated rings. The Bertz CT molecular complexity index is 2770. The minimum Gasteiger partial charge on any atom is -0.505 e. The predicted molar refractivity (Wildman–Crippen MR) is 224 cm³/mol. The summed E-state index contributed by atoms with van der Waals surface area (Å²) in [5.41, 5.74) is 6.54. The zero-order chi connectivity index (χ0) is 36.7. The van der Waals surface area contributed by atoms with E-state index in [9.17, 15) is 10.2 Å². The Morgan fingerprint density at radius 3 is 1.73 bits per heavy atom.